The molecule has 0 aromatic heterocycles. The number of aliphatic hydroxyl groups is 2. The van der Waals surface area contributed by atoms with Gasteiger partial charge in [-0.1, -0.05) is 42.0 Å². The van der Waals surface area contributed by atoms with E-state index in [9.17, 15) is 15.0 Å². The van der Waals surface area contributed by atoms with E-state index in [-0.39, 0.29) is 36.8 Å². The second-order valence-corrected chi connectivity index (χ2v) is 10.4. The highest BCUT2D eigenvalue weighted by molar-refractivity contribution is 6.30. The van der Waals surface area contributed by atoms with Crippen molar-refractivity contribution < 1.29 is 24.9 Å². The molecular weight excluding hydrogens is 506 g/mol. The van der Waals surface area contributed by atoms with Crippen molar-refractivity contribution >= 4 is 23.2 Å². The van der Waals surface area contributed by atoms with E-state index in [2.05, 4.69) is 15.1 Å². The Kier molecular flexibility index (Phi) is 8.99. The summed E-state index contributed by atoms with van der Waals surface area (Å²) in [5.41, 5.74) is 1.44. The number of hydrogen-bond acceptors (Lipinski definition) is 7. The van der Waals surface area contributed by atoms with Crippen LogP contribution < -0.4 is 15.0 Å². The molecule has 204 valence electrons. The van der Waals surface area contributed by atoms with Gasteiger partial charge in [0.1, 0.15) is 18.1 Å². The highest BCUT2D eigenvalue weighted by Crippen LogP contribution is 2.39. The molecule has 2 aromatic rings. The predicted octanol–water partition coefficient (Wildman–Crippen LogP) is 3.28. The Balaban J connectivity index is 1.53. The molecule has 2 aromatic carbocycles. The van der Waals surface area contributed by atoms with Crippen LogP contribution in [0.3, 0.4) is 0 Å². The highest BCUT2D eigenvalue weighted by Gasteiger charge is 2.35. The van der Waals surface area contributed by atoms with Gasteiger partial charge in [-0.15, -0.1) is 0 Å². The first-order chi connectivity index (χ1) is 18.2. The van der Waals surface area contributed by atoms with Crippen LogP contribution in [0.15, 0.2) is 66.3 Å². The number of β-amino-alcohol motifs (C(OH)–C–C–N with tert-alkyl or cyclic N) is 1. The van der Waals surface area contributed by atoms with Crippen LogP contribution in [0.4, 0.5) is 5.69 Å². The van der Waals surface area contributed by atoms with E-state index < -0.39 is 5.60 Å². The summed E-state index contributed by atoms with van der Waals surface area (Å²) in [5.74, 6) is 0.341. The zero-order valence-corrected chi connectivity index (χ0v) is 22.6. The molecule has 38 heavy (non-hydrogen) atoms. The number of benzene rings is 2. The molecule has 3 atom stereocenters. The van der Waals surface area contributed by atoms with Gasteiger partial charge in [0, 0.05) is 44.3 Å². The van der Waals surface area contributed by atoms with E-state index in [0.717, 1.165) is 11.1 Å². The molecule has 1 aliphatic carbocycles. The minimum absolute atomic E-state index is 0.0330. The second-order valence-electron chi connectivity index (χ2n) is 9.97. The van der Waals surface area contributed by atoms with E-state index in [4.69, 9.17) is 21.4 Å². The number of nitrogens with zero attached hydrogens (tertiary/aromatic N) is 2. The molecule has 4 N–H and O–H groups in total. The lowest BCUT2D eigenvalue weighted by Gasteiger charge is -2.45. The molecule has 0 saturated carbocycles. The monoisotopic (exact) mass is 541 g/mol. The normalized spacial score (nSPS) is 21.5. The molecule has 9 heteroatoms. The third-order valence-corrected chi connectivity index (χ3v) is 7.42. The number of allylic oxidation sites excluding steroid dienone is 1. The zero-order chi connectivity index (χ0) is 27.3. The molecule has 1 heterocycles. The second kappa shape index (κ2) is 12.2. The lowest BCUT2D eigenvalue weighted by Crippen LogP contribution is -2.53. The number of phenolic OH excluding ortho intramolecular Hbond substituents is 1. The number of carbonyl (C=O) groups excluding carboxylic acids is 1. The summed E-state index contributed by atoms with van der Waals surface area (Å²) in [6.07, 6.45) is 6.22. The smallest absolute Gasteiger partial charge is 0.226 e. The Morgan fingerprint density at radius 3 is 2.61 bits per heavy atom. The molecule has 1 aliphatic heterocycles. The van der Waals surface area contributed by atoms with Crippen LogP contribution in [0.2, 0.25) is 5.02 Å². The number of halogens is 1. The minimum atomic E-state index is -1.09. The fourth-order valence-corrected chi connectivity index (χ4v) is 5.29. The minimum Gasteiger partial charge on any atom is -0.506 e. The molecule has 0 bridgehead atoms. The van der Waals surface area contributed by atoms with E-state index >= 15 is 0 Å². The van der Waals surface area contributed by atoms with Gasteiger partial charge < -0.3 is 30.3 Å². The summed E-state index contributed by atoms with van der Waals surface area (Å²) in [6.45, 7) is 4.21. The Bertz CT molecular complexity index is 1180. The molecule has 1 unspecified atom stereocenters. The van der Waals surface area contributed by atoms with Crippen LogP contribution in [-0.4, -0.2) is 78.2 Å². The third kappa shape index (κ3) is 6.50. The Labute approximate surface area is 228 Å². The van der Waals surface area contributed by atoms with Crippen molar-refractivity contribution in [2.45, 2.75) is 25.0 Å². The first kappa shape index (κ1) is 28.0. The van der Waals surface area contributed by atoms with Crippen molar-refractivity contribution in [3.63, 3.8) is 0 Å². The Morgan fingerprint density at radius 1 is 1.21 bits per heavy atom. The van der Waals surface area contributed by atoms with Crippen molar-refractivity contribution in [3.8, 4) is 11.5 Å². The number of aliphatic hydroxyl groups excluding tert-OH is 1. The van der Waals surface area contributed by atoms with E-state index in [0.29, 0.717) is 49.1 Å². The largest absolute Gasteiger partial charge is 0.506 e. The number of anilines is 1. The van der Waals surface area contributed by atoms with Gasteiger partial charge >= 0.3 is 0 Å². The number of carbonyl (C=O) groups is 1. The van der Waals surface area contributed by atoms with E-state index in [1.165, 1.54) is 0 Å². The Morgan fingerprint density at radius 2 is 1.97 bits per heavy atom. The van der Waals surface area contributed by atoms with E-state index in [1.807, 2.05) is 55.5 Å². The highest BCUT2D eigenvalue weighted by atomic mass is 35.5. The maximum atomic E-state index is 12.0. The molecule has 1 saturated heterocycles. The van der Waals surface area contributed by atoms with Gasteiger partial charge in [-0.2, -0.15) is 0 Å². The van der Waals surface area contributed by atoms with Crippen molar-refractivity contribution in [3.05, 3.63) is 76.9 Å². The Hall–Kier alpha value is -3.04. The van der Waals surface area contributed by atoms with Crippen molar-refractivity contribution in [1.82, 2.24) is 10.2 Å². The van der Waals surface area contributed by atoms with Crippen molar-refractivity contribution in [2.75, 3.05) is 51.3 Å². The number of phenols is 1. The number of hydrogen-bond donors (Lipinski definition) is 4. The molecule has 1 amide bonds. The zero-order valence-electron chi connectivity index (χ0n) is 21.8. The van der Waals surface area contributed by atoms with Crippen molar-refractivity contribution in [1.29, 1.82) is 0 Å². The topological polar surface area (TPSA) is 106 Å². The number of amides is 1. The van der Waals surface area contributed by atoms with Gasteiger partial charge in [0.2, 0.25) is 5.91 Å². The summed E-state index contributed by atoms with van der Waals surface area (Å²) in [5, 5.41) is 34.6. The molecule has 0 spiro atoms. The molecule has 1 fully saturated rings. The number of rotatable bonds is 9. The van der Waals surface area contributed by atoms with Gasteiger partial charge in [0.05, 0.1) is 29.9 Å². The lowest BCUT2D eigenvalue weighted by molar-refractivity contribution is -0.123. The van der Waals surface area contributed by atoms with Crippen LogP contribution >= 0.6 is 11.6 Å². The fourth-order valence-electron chi connectivity index (χ4n) is 5.17. The first-order valence-electron chi connectivity index (χ1n) is 12.9. The average molecular weight is 542 g/mol. The SMILES string of the molecule is CNC(=O)C1C=CC([C@](C)(O)CN2CCN(c3ccc(OCCO)cc3O)[C@H](c3ccc(Cl)cc3)C2)=CC1. The van der Waals surface area contributed by atoms with Crippen molar-refractivity contribution in [2.24, 2.45) is 5.92 Å². The maximum absolute atomic E-state index is 12.0. The van der Waals surface area contributed by atoms with Crippen LogP contribution in [0.25, 0.3) is 0 Å². The summed E-state index contributed by atoms with van der Waals surface area (Å²) in [7, 11) is 1.63. The molecule has 8 nitrogen and oxygen atoms in total. The standard InChI is InChI=1S/C29H36ClN3O5/c1-29(37,22-7-3-21(4-8-22)28(36)31-2)19-32-13-14-33(26(18-32)20-5-9-23(30)10-6-20)25-12-11-24(17-27(25)35)38-16-15-34/h3,5-12,17,21,26,34-35,37H,4,13-16,18-19H2,1-2H3,(H,31,36)/t21?,26-,29+/m0/s1. The lowest BCUT2D eigenvalue weighted by atomic mass is 9.86. The number of piperazine rings is 1. The summed E-state index contributed by atoms with van der Waals surface area (Å²) < 4.78 is 5.45. The van der Waals surface area contributed by atoms with Crippen LogP contribution in [0, 0.1) is 5.92 Å². The van der Waals surface area contributed by atoms with Gasteiger partial charge in [0.15, 0.2) is 0 Å². The maximum Gasteiger partial charge on any atom is 0.226 e. The fraction of sp³-hybridized carbons (Fsp3) is 0.414. The van der Waals surface area contributed by atoms with Gasteiger partial charge in [-0.3, -0.25) is 9.69 Å². The number of nitrogens with one attached hydrogen (secondary N) is 1. The first-order valence-corrected chi connectivity index (χ1v) is 13.2. The summed E-state index contributed by atoms with van der Waals surface area (Å²) in [4.78, 5) is 16.3. The average Bonchev–Trinajstić information content (AvgIpc) is 2.92. The summed E-state index contributed by atoms with van der Waals surface area (Å²) in [6, 6.07) is 12.8. The summed E-state index contributed by atoms with van der Waals surface area (Å²) >= 11 is 6.16. The molecule has 0 radical (unpaired) electrons. The van der Waals surface area contributed by atoms with Crippen LogP contribution in [-0.2, 0) is 4.79 Å². The van der Waals surface area contributed by atoms with E-state index in [1.54, 1.807) is 19.2 Å². The van der Waals surface area contributed by atoms with Crippen LogP contribution in [0.5, 0.6) is 11.5 Å². The van der Waals surface area contributed by atoms with Gasteiger partial charge in [-0.05, 0) is 48.7 Å². The van der Waals surface area contributed by atoms with Crippen LogP contribution in [0.1, 0.15) is 24.9 Å². The molecule has 2 aliphatic rings. The third-order valence-electron chi connectivity index (χ3n) is 7.17. The van der Waals surface area contributed by atoms with Gasteiger partial charge in [-0.25, -0.2) is 0 Å². The van der Waals surface area contributed by atoms with Gasteiger partial charge in [0.25, 0.3) is 0 Å². The number of ether oxygens (including phenoxy) is 1. The molecular formula is C29H36ClN3O5. The molecule has 4 rings (SSSR count). The quantitative estimate of drug-likeness (QED) is 0.386. The predicted molar refractivity (Wildman–Crippen MR) is 149 cm³/mol. The number of aromatic hydroxyl groups is 1.